The molecule has 5 heteroatoms. The van der Waals surface area contributed by atoms with Crippen LogP contribution in [0.4, 0.5) is 0 Å². The summed E-state index contributed by atoms with van der Waals surface area (Å²) >= 11 is 0. The molecule has 2 amide bonds. The van der Waals surface area contributed by atoms with Crippen LogP contribution in [0, 0.1) is 13.8 Å². The molecule has 0 aliphatic heterocycles. The molecule has 0 saturated carbocycles. The number of aromatic hydroxyl groups is 2. The molecule has 0 unspecified atom stereocenters. The third-order valence-corrected chi connectivity index (χ3v) is 3.90. The highest BCUT2D eigenvalue weighted by molar-refractivity contribution is 6.08. The zero-order chi connectivity index (χ0) is 18.9. The summed E-state index contributed by atoms with van der Waals surface area (Å²) in [5, 5.41) is 23.3. The van der Waals surface area contributed by atoms with E-state index in [2.05, 4.69) is 11.9 Å². The summed E-state index contributed by atoms with van der Waals surface area (Å²) in [5.41, 5.74) is 3.45. The quantitative estimate of drug-likeness (QED) is 0.796. The van der Waals surface area contributed by atoms with Crippen LogP contribution < -0.4 is 5.32 Å². The Bertz CT molecular complexity index is 897. The third-order valence-electron chi connectivity index (χ3n) is 3.90. The first-order valence-electron chi connectivity index (χ1n) is 7.77. The monoisotopic (exact) mass is 339 g/mol. The summed E-state index contributed by atoms with van der Waals surface area (Å²) in [6.07, 6.45) is 0. The van der Waals surface area contributed by atoms with Gasteiger partial charge in [-0.3, -0.25) is 14.9 Å². The van der Waals surface area contributed by atoms with Crippen molar-refractivity contribution < 1.29 is 19.8 Å². The fourth-order valence-electron chi connectivity index (χ4n) is 2.79. The van der Waals surface area contributed by atoms with Crippen molar-refractivity contribution in [3.8, 4) is 22.6 Å². The molecule has 0 fully saturated rings. The van der Waals surface area contributed by atoms with E-state index < -0.39 is 11.8 Å². The van der Waals surface area contributed by atoms with Crippen LogP contribution in [0.15, 0.2) is 30.8 Å². The van der Waals surface area contributed by atoms with Gasteiger partial charge in [0.25, 0.3) is 5.91 Å². The van der Waals surface area contributed by atoms with Crippen molar-refractivity contribution in [3.63, 3.8) is 0 Å². The molecule has 0 atom stereocenters. The van der Waals surface area contributed by atoms with E-state index in [0.717, 1.165) is 16.7 Å². The van der Waals surface area contributed by atoms with Crippen LogP contribution in [-0.2, 0) is 4.79 Å². The van der Waals surface area contributed by atoms with Crippen LogP contribution in [-0.4, -0.2) is 22.0 Å². The lowest BCUT2D eigenvalue weighted by Crippen LogP contribution is -2.28. The van der Waals surface area contributed by atoms with Gasteiger partial charge in [-0.1, -0.05) is 35.9 Å². The van der Waals surface area contributed by atoms with E-state index in [4.69, 9.17) is 0 Å². The summed E-state index contributed by atoms with van der Waals surface area (Å²) in [6.45, 7) is 10.4. The van der Waals surface area contributed by atoms with Crippen LogP contribution in [0.25, 0.3) is 16.7 Å². The molecule has 0 aliphatic carbocycles. The first-order valence-corrected chi connectivity index (χ1v) is 7.77. The van der Waals surface area contributed by atoms with E-state index in [-0.39, 0.29) is 22.6 Å². The Morgan fingerprint density at radius 3 is 2.28 bits per heavy atom. The largest absolute Gasteiger partial charge is 0.507 e. The second kappa shape index (κ2) is 6.81. The molecule has 130 valence electrons. The minimum Gasteiger partial charge on any atom is -0.507 e. The molecule has 2 aromatic carbocycles. The van der Waals surface area contributed by atoms with E-state index >= 15 is 0 Å². The Labute approximate surface area is 146 Å². The number of phenolic OH excluding ortho intramolecular Hbond substituents is 2. The Balaban J connectivity index is 2.80. The molecule has 2 rings (SSSR count). The molecule has 5 nitrogen and oxygen atoms in total. The van der Waals surface area contributed by atoms with Crippen molar-refractivity contribution in [2.45, 2.75) is 27.7 Å². The van der Waals surface area contributed by atoms with Gasteiger partial charge in [-0.05, 0) is 43.5 Å². The Morgan fingerprint density at radius 2 is 1.72 bits per heavy atom. The van der Waals surface area contributed by atoms with Gasteiger partial charge in [-0.15, -0.1) is 0 Å². The smallest absolute Gasteiger partial charge is 0.261 e. The molecule has 0 spiro atoms. The molecule has 25 heavy (non-hydrogen) atoms. The lowest BCUT2D eigenvalue weighted by Gasteiger charge is -2.17. The van der Waals surface area contributed by atoms with Gasteiger partial charge in [0.05, 0.1) is 11.1 Å². The number of hydrogen-bond acceptors (Lipinski definition) is 4. The average Bonchev–Trinajstić information content (AvgIpc) is 2.45. The lowest BCUT2D eigenvalue weighted by atomic mass is 9.90. The second-order valence-electron chi connectivity index (χ2n) is 6.15. The molecule has 0 radical (unpaired) electrons. The highest BCUT2D eigenvalue weighted by Gasteiger charge is 2.24. The fraction of sp³-hybridized carbons (Fsp3) is 0.200. The minimum absolute atomic E-state index is 0.0443. The topological polar surface area (TPSA) is 86.6 Å². The van der Waals surface area contributed by atoms with Crippen molar-refractivity contribution in [2.24, 2.45) is 0 Å². The first-order chi connectivity index (χ1) is 11.6. The Hall–Kier alpha value is -3.08. The number of aryl methyl sites for hydroxylation is 2. The molecule has 3 N–H and O–H groups in total. The molecule has 2 aromatic rings. The summed E-state index contributed by atoms with van der Waals surface area (Å²) < 4.78 is 0. The highest BCUT2D eigenvalue weighted by atomic mass is 16.3. The number of allylic oxidation sites excluding steroid dienone is 1. The summed E-state index contributed by atoms with van der Waals surface area (Å²) in [6, 6.07) is 6.95. The Kier molecular flexibility index (Phi) is 4.97. The fourth-order valence-corrected chi connectivity index (χ4v) is 2.79. The minimum atomic E-state index is -0.715. The van der Waals surface area contributed by atoms with Crippen LogP contribution in [0.2, 0.25) is 0 Å². The van der Waals surface area contributed by atoms with Gasteiger partial charge in [0.2, 0.25) is 5.91 Å². The number of carbonyl (C=O) groups excluding carboxylic acids is 2. The van der Waals surface area contributed by atoms with E-state index in [9.17, 15) is 19.8 Å². The van der Waals surface area contributed by atoms with Crippen molar-refractivity contribution in [2.75, 3.05) is 0 Å². The maximum absolute atomic E-state index is 12.3. The van der Waals surface area contributed by atoms with Crippen LogP contribution >= 0.6 is 0 Å². The van der Waals surface area contributed by atoms with Gasteiger partial charge in [-0.2, -0.15) is 0 Å². The van der Waals surface area contributed by atoms with E-state index in [1.165, 1.54) is 13.0 Å². The van der Waals surface area contributed by atoms with Gasteiger partial charge in [0.15, 0.2) is 0 Å². The van der Waals surface area contributed by atoms with Crippen molar-refractivity contribution in [1.82, 2.24) is 5.32 Å². The van der Waals surface area contributed by atoms with Crippen LogP contribution in [0.5, 0.6) is 11.5 Å². The Morgan fingerprint density at radius 1 is 1.08 bits per heavy atom. The molecule has 0 saturated heterocycles. The number of benzene rings is 2. The number of rotatable bonds is 3. The summed E-state index contributed by atoms with van der Waals surface area (Å²) in [5.74, 6) is -1.77. The van der Waals surface area contributed by atoms with Crippen molar-refractivity contribution in [1.29, 1.82) is 0 Å². The van der Waals surface area contributed by atoms with Crippen molar-refractivity contribution in [3.05, 3.63) is 53.1 Å². The molecular formula is C20H21NO4. The highest BCUT2D eigenvalue weighted by Crippen LogP contribution is 2.44. The summed E-state index contributed by atoms with van der Waals surface area (Å²) in [4.78, 5) is 23.5. The van der Waals surface area contributed by atoms with Crippen molar-refractivity contribution >= 4 is 17.4 Å². The van der Waals surface area contributed by atoms with Crippen LogP contribution in [0.3, 0.4) is 0 Å². The normalized spacial score (nSPS) is 10.4. The van der Waals surface area contributed by atoms with Gasteiger partial charge in [0.1, 0.15) is 11.5 Å². The molecule has 0 bridgehead atoms. The van der Waals surface area contributed by atoms with Gasteiger partial charge in [0, 0.05) is 6.92 Å². The van der Waals surface area contributed by atoms with E-state index in [1.54, 1.807) is 13.0 Å². The number of nitrogens with one attached hydrogen (secondary N) is 1. The number of carbonyl (C=O) groups is 2. The van der Waals surface area contributed by atoms with E-state index in [0.29, 0.717) is 11.1 Å². The standard InChI is InChI=1S/C20H21NO4/c1-10(2)14-7-6-11(3)8-15(14)18-16(23)9-12(4)17(19(18)24)20(25)21-13(5)22/h6-9,23-24H,1H2,2-5H3,(H,21,22,25). The van der Waals surface area contributed by atoms with Gasteiger partial charge < -0.3 is 10.2 Å². The molecule has 0 aromatic heterocycles. The number of hydrogen-bond donors (Lipinski definition) is 3. The zero-order valence-electron chi connectivity index (χ0n) is 14.7. The van der Waals surface area contributed by atoms with Crippen LogP contribution in [0.1, 0.15) is 40.9 Å². The first kappa shape index (κ1) is 18.3. The molecule has 0 heterocycles. The number of imide groups is 1. The third kappa shape index (κ3) is 3.55. The SMILES string of the molecule is C=C(C)c1ccc(C)cc1-c1c(O)cc(C)c(C(=O)NC(C)=O)c1O. The predicted molar refractivity (Wildman–Crippen MR) is 97.5 cm³/mol. The molecular weight excluding hydrogens is 318 g/mol. The van der Waals surface area contributed by atoms with E-state index in [1.807, 2.05) is 26.0 Å². The maximum Gasteiger partial charge on any atom is 0.261 e. The lowest BCUT2D eigenvalue weighted by molar-refractivity contribution is -0.118. The average molecular weight is 339 g/mol. The summed E-state index contributed by atoms with van der Waals surface area (Å²) in [7, 11) is 0. The van der Waals surface area contributed by atoms with Gasteiger partial charge in [-0.25, -0.2) is 0 Å². The van der Waals surface area contributed by atoms with Gasteiger partial charge >= 0.3 is 0 Å². The number of amides is 2. The molecule has 0 aliphatic rings. The second-order valence-corrected chi connectivity index (χ2v) is 6.15. The maximum atomic E-state index is 12.3. The zero-order valence-corrected chi connectivity index (χ0v) is 14.7. The number of phenols is 2. The predicted octanol–water partition coefficient (Wildman–Crippen LogP) is 3.69.